The molecule has 4 heterocycles. The number of benzene rings is 2. The molecular formula is C26H28N2O2. The fourth-order valence-corrected chi connectivity index (χ4v) is 7.98. The van der Waals surface area contributed by atoms with Crippen LogP contribution in [0.1, 0.15) is 42.7 Å². The van der Waals surface area contributed by atoms with Gasteiger partial charge in [-0.25, -0.2) is 0 Å². The number of rotatable bonds is 1. The average Bonchev–Trinajstić information content (AvgIpc) is 3.44. The van der Waals surface area contributed by atoms with Crippen LogP contribution in [0.15, 0.2) is 54.6 Å². The second-order valence-corrected chi connectivity index (χ2v) is 10.00. The van der Waals surface area contributed by atoms with Gasteiger partial charge >= 0.3 is 0 Å². The highest BCUT2D eigenvalue weighted by atomic mass is 16.5. The molecule has 2 aromatic rings. The molecule has 2 bridgehead atoms. The first kappa shape index (κ1) is 17.4. The molecule has 8 unspecified atom stereocenters. The van der Waals surface area contributed by atoms with Crippen molar-refractivity contribution in [3.05, 3.63) is 65.7 Å². The lowest BCUT2D eigenvalue weighted by atomic mass is 9.55. The SMILES string of the molecule is CC1C2C(=O)NCC2C2c3ccccc3N3C4CC[C@H](O4)C(c4ccccc4)C1C23. The van der Waals surface area contributed by atoms with Crippen LogP contribution in [0.2, 0.25) is 0 Å². The molecule has 2 aromatic carbocycles. The molecule has 7 rings (SSSR count). The van der Waals surface area contributed by atoms with Gasteiger partial charge in [0.15, 0.2) is 0 Å². The van der Waals surface area contributed by atoms with Crippen LogP contribution in [-0.4, -0.2) is 30.8 Å². The van der Waals surface area contributed by atoms with Crippen molar-refractivity contribution in [2.45, 2.75) is 50.0 Å². The fraction of sp³-hybridized carbons (Fsp3) is 0.500. The van der Waals surface area contributed by atoms with Crippen LogP contribution < -0.4 is 10.2 Å². The quantitative estimate of drug-likeness (QED) is 0.790. The number of para-hydroxylation sites is 1. The summed E-state index contributed by atoms with van der Waals surface area (Å²) in [5, 5.41) is 3.23. The predicted molar refractivity (Wildman–Crippen MR) is 115 cm³/mol. The molecule has 3 saturated heterocycles. The number of nitrogens with one attached hydrogen (secondary N) is 1. The minimum atomic E-state index is 0.104. The molecule has 30 heavy (non-hydrogen) atoms. The second kappa shape index (κ2) is 6.10. The van der Waals surface area contributed by atoms with Crippen LogP contribution in [0.3, 0.4) is 0 Å². The Morgan fingerprint density at radius 3 is 2.63 bits per heavy atom. The topological polar surface area (TPSA) is 41.6 Å². The first-order valence-corrected chi connectivity index (χ1v) is 11.6. The van der Waals surface area contributed by atoms with Crippen molar-refractivity contribution in [1.29, 1.82) is 0 Å². The van der Waals surface area contributed by atoms with Gasteiger partial charge in [-0.1, -0.05) is 55.5 Å². The first-order chi connectivity index (χ1) is 14.7. The van der Waals surface area contributed by atoms with E-state index >= 15 is 0 Å². The first-order valence-electron chi connectivity index (χ1n) is 11.6. The van der Waals surface area contributed by atoms with Crippen LogP contribution in [-0.2, 0) is 9.53 Å². The van der Waals surface area contributed by atoms with Crippen LogP contribution in [0.25, 0.3) is 0 Å². The minimum Gasteiger partial charge on any atom is -0.356 e. The van der Waals surface area contributed by atoms with Crippen LogP contribution >= 0.6 is 0 Å². The molecule has 0 spiro atoms. The van der Waals surface area contributed by atoms with E-state index in [1.807, 2.05) is 0 Å². The van der Waals surface area contributed by atoms with Crippen molar-refractivity contribution < 1.29 is 9.53 Å². The van der Waals surface area contributed by atoms with Gasteiger partial charge in [-0.15, -0.1) is 0 Å². The summed E-state index contributed by atoms with van der Waals surface area (Å²) in [6.07, 6.45) is 2.60. The summed E-state index contributed by atoms with van der Waals surface area (Å²) in [6, 6.07) is 20.3. The Hall–Kier alpha value is -2.33. The Labute approximate surface area is 177 Å². The summed E-state index contributed by atoms with van der Waals surface area (Å²) < 4.78 is 6.79. The number of carbonyl (C=O) groups excluding carboxylic acids is 1. The summed E-state index contributed by atoms with van der Waals surface area (Å²) in [5.41, 5.74) is 4.17. The van der Waals surface area contributed by atoms with E-state index in [1.54, 1.807) is 0 Å². The summed E-state index contributed by atoms with van der Waals surface area (Å²) in [5.74, 6) is 2.24. The zero-order chi connectivity index (χ0) is 20.0. The largest absolute Gasteiger partial charge is 0.356 e. The maximum atomic E-state index is 13.0. The van der Waals surface area contributed by atoms with E-state index in [9.17, 15) is 4.79 Å². The van der Waals surface area contributed by atoms with Gasteiger partial charge < -0.3 is 15.0 Å². The van der Waals surface area contributed by atoms with Gasteiger partial charge in [0.1, 0.15) is 6.23 Å². The monoisotopic (exact) mass is 400 g/mol. The number of fused-ring (bicyclic) bond motifs is 8. The fourth-order valence-electron chi connectivity index (χ4n) is 7.98. The number of amides is 1. The molecule has 0 radical (unpaired) electrons. The van der Waals surface area contributed by atoms with Crippen molar-refractivity contribution in [3.8, 4) is 0 Å². The smallest absolute Gasteiger partial charge is 0.223 e. The second-order valence-electron chi connectivity index (χ2n) is 10.00. The number of carbonyl (C=O) groups is 1. The van der Waals surface area contributed by atoms with E-state index in [2.05, 4.69) is 71.7 Å². The number of anilines is 1. The molecule has 1 N–H and O–H groups in total. The normalized spacial score (nSPS) is 42.9. The van der Waals surface area contributed by atoms with E-state index in [4.69, 9.17) is 4.74 Å². The van der Waals surface area contributed by atoms with Gasteiger partial charge in [-0.3, -0.25) is 4.79 Å². The van der Waals surface area contributed by atoms with Gasteiger partial charge in [0.05, 0.1) is 6.10 Å². The van der Waals surface area contributed by atoms with E-state index in [1.165, 1.54) is 16.8 Å². The number of ether oxygens (including phenoxy) is 1. The van der Waals surface area contributed by atoms with E-state index in [0.717, 1.165) is 19.4 Å². The molecule has 4 heteroatoms. The molecule has 1 aliphatic carbocycles. The third kappa shape index (κ3) is 2.08. The maximum Gasteiger partial charge on any atom is 0.223 e. The highest BCUT2D eigenvalue weighted by molar-refractivity contribution is 5.83. The predicted octanol–water partition coefficient (Wildman–Crippen LogP) is 3.89. The Morgan fingerprint density at radius 2 is 1.77 bits per heavy atom. The van der Waals surface area contributed by atoms with Gasteiger partial charge in [-0.05, 0) is 47.8 Å². The zero-order valence-electron chi connectivity index (χ0n) is 17.3. The van der Waals surface area contributed by atoms with Crippen molar-refractivity contribution >= 4 is 11.6 Å². The van der Waals surface area contributed by atoms with Gasteiger partial charge in [0.25, 0.3) is 0 Å². The van der Waals surface area contributed by atoms with E-state index < -0.39 is 0 Å². The lowest BCUT2D eigenvalue weighted by Crippen LogP contribution is -2.55. The number of hydrogen-bond donors (Lipinski definition) is 1. The molecule has 4 nitrogen and oxygen atoms in total. The Bertz CT molecular complexity index is 1010. The average molecular weight is 401 g/mol. The van der Waals surface area contributed by atoms with Crippen molar-refractivity contribution in [1.82, 2.24) is 5.32 Å². The standard InChI is InChI=1S/C26H28N2O2/c1-14-21-17(13-27-26(21)29)24-16-9-5-6-10-18(16)28-20-12-11-19(30-20)23(22(14)25(24)28)15-7-3-2-4-8-15/h2-10,14,17,19-25H,11-13H2,1H3,(H,27,29)/t14?,17?,19-,20?,21?,22?,23?,24?,25?/m0/s1. The summed E-state index contributed by atoms with van der Waals surface area (Å²) in [4.78, 5) is 15.7. The highest BCUT2D eigenvalue weighted by Crippen LogP contribution is 2.63. The molecule has 154 valence electrons. The third-order valence-electron chi connectivity index (χ3n) is 8.91. The van der Waals surface area contributed by atoms with Gasteiger partial charge in [0, 0.05) is 36.0 Å². The number of hydrogen-bond acceptors (Lipinski definition) is 3. The molecule has 5 aliphatic rings. The molecule has 0 aromatic heterocycles. The zero-order valence-corrected chi connectivity index (χ0v) is 17.3. The molecule has 4 fully saturated rings. The molecule has 1 saturated carbocycles. The Balaban J connectivity index is 1.47. The molecule has 4 aliphatic heterocycles. The third-order valence-corrected chi connectivity index (χ3v) is 8.91. The van der Waals surface area contributed by atoms with Crippen LogP contribution in [0.5, 0.6) is 0 Å². The van der Waals surface area contributed by atoms with Gasteiger partial charge in [0.2, 0.25) is 5.91 Å². The molecular weight excluding hydrogens is 372 g/mol. The van der Waals surface area contributed by atoms with Gasteiger partial charge in [-0.2, -0.15) is 0 Å². The summed E-state index contributed by atoms with van der Waals surface area (Å²) >= 11 is 0. The summed E-state index contributed by atoms with van der Waals surface area (Å²) in [6.45, 7) is 3.16. The van der Waals surface area contributed by atoms with E-state index in [0.29, 0.717) is 35.6 Å². The maximum absolute atomic E-state index is 13.0. The lowest BCUT2D eigenvalue weighted by molar-refractivity contribution is -0.127. The summed E-state index contributed by atoms with van der Waals surface area (Å²) in [7, 11) is 0. The molecule has 1 amide bonds. The minimum absolute atomic E-state index is 0.104. The van der Waals surface area contributed by atoms with Crippen LogP contribution in [0.4, 0.5) is 5.69 Å². The lowest BCUT2D eigenvalue weighted by Gasteiger charge is -2.51. The number of nitrogens with zero attached hydrogens (tertiary/aromatic N) is 1. The Morgan fingerprint density at radius 1 is 0.967 bits per heavy atom. The van der Waals surface area contributed by atoms with Crippen molar-refractivity contribution in [3.63, 3.8) is 0 Å². The van der Waals surface area contributed by atoms with Crippen molar-refractivity contribution in [2.24, 2.45) is 23.7 Å². The van der Waals surface area contributed by atoms with Crippen molar-refractivity contribution in [2.75, 3.05) is 11.4 Å². The molecule has 9 atom stereocenters. The van der Waals surface area contributed by atoms with Crippen LogP contribution in [0, 0.1) is 23.7 Å². The highest BCUT2D eigenvalue weighted by Gasteiger charge is 2.64. The Kier molecular flexibility index (Phi) is 3.53. The van der Waals surface area contributed by atoms with E-state index in [-0.39, 0.29) is 24.2 Å².